The van der Waals surface area contributed by atoms with Crippen LogP contribution in [0.15, 0.2) is 72.8 Å². The second kappa shape index (κ2) is 8.37. The Kier molecular flexibility index (Phi) is 5.14. The first kappa shape index (κ1) is 22.1. The number of urea groups is 1. The lowest BCUT2D eigenvalue weighted by molar-refractivity contribution is -0.120. The minimum atomic E-state index is -0.626. The highest BCUT2D eigenvalue weighted by molar-refractivity contribution is 6.22. The summed E-state index contributed by atoms with van der Waals surface area (Å²) in [6, 6.07) is 21.0. The Labute approximate surface area is 208 Å². The Morgan fingerprint density at radius 1 is 1.00 bits per heavy atom. The molecule has 7 heteroatoms. The SMILES string of the molecule is CCOC(=O)c1ccc(N2C(=O)[C@@H]3Cc4c([nH]c5ccccc45)[C@H](c4ccccc4C)N3C2=O)cc1. The van der Waals surface area contributed by atoms with E-state index in [-0.39, 0.29) is 18.5 Å². The van der Waals surface area contributed by atoms with E-state index in [4.69, 9.17) is 4.74 Å². The summed E-state index contributed by atoms with van der Waals surface area (Å²) in [6.07, 6.45) is 0.434. The van der Waals surface area contributed by atoms with Crippen molar-refractivity contribution in [3.63, 3.8) is 0 Å². The lowest BCUT2D eigenvalue weighted by atomic mass is 9.87. The fourth-order valence-corrected chi connectivity index (χ4v) is 5.49. The highest BCUT2D eigenvalue weighted by Crippen LogP contribution is 2.45. The number of aromatic amines is 1. The Morgan fingerprint density at radius 2 is 1.72 bits per heavy atom. The summed E-state index contributed by atoms with van der Waals surface area (Å²) < 4.78 is 5.05. The van der Waals surface area contributed by atoms with Gasteiger partial charge in [-0.15, -0.1) is 0 Å². The number of H-pyrrole nitrogens is 1. The largest absolute Gasteiger partial charge is 0.462 e. The number of para-hydroxylation sites is 1. The van der Waals surface area contributed by atoms with Crippen molar-refractivity contribution in [2.24, 2.45) is 0 Å². The summed E-state index contributed by atoms with van der Waals surface area (Å²) in [4.78, 5) is 46.2. The summed E-state index contributed by atoms with van der Waals surface area (Å²) in [5, 5.41) is 1.07. The van der Waals surface area contributed by atoms with E-state index in [1.807, 2.05) is 49.4 Å². The predicted octanol–water partition coefficient (Wildman–Crippen LogP) is 5.14. The number of aromatic nitrogens is 1. The first-order valence-electron chi connectivity index (χ1n) is 12.1. The maximum absolute atomic E-state index is 13.9. The molecule has 0 spiro atoms. The number of amides is 3. The molecule has 4 aromatic rings. The number of benzene rings is 3. The van der Waals surface area contributed by atoms with Crippen molar-refractivity contribution >= 4 is 34.5 Å². The molecule has 0 radical (unpaired) electrons. The van der Waals surface area contributed by atoms with Gasteiger partial charge in [-0.2, -0.15) is 0 Å². The van der Waals surface area contributed by atoms with Crippen molar-refractivity contribution in [1.29, 1.82) is 0 Å². The normalized spacial score (nSPS) is 18.9. The van der Waals surface area contributed by atoms with E-state index in [9.17, 15) is 14.4 Å². The van der Waals surface area contributed by atoms with Crippen molar-refractivity contribution in [2.45, 2.75) is 32.4 Å². The molecule has 2 atom stereocenters. The molecule has 3 amide bonds. The van der Waals surface area contributed by atoms with Crippen molar-refractivity contribution in [1.82, 2.24) is 9.88 Å². The number of ether oxygens (including phenoxy) is 1. The average molecular weight is 480 g/mol. The van der Waals surface area contributed by atoms with E-state index < -0.39 is 18.1 Å². The van der Waals surface area contributed by atoms with E-state index in [2.05, 4.69) is 11.1 Å². The van der Waals surface area contributed by atoms with Crippen LogP contribution in [0.5, 0.6) is 0 Å². The van der Waals surface area contributed by atoms with E-state index >= 15 is 0 Å². The number of anilines is 1. The van der Waals surface area contributed by atoms with Crippen LogP contribution in [0.1, 0.15) is 45.7 Å². The average Bonchev–Trinajstić information content (AvgIpc) is 3.38. The molecule has 180 valence electrons. The number of carbonyl (C=O) groups is 3. The number of nitrogens with one attached hydrogen (secondary N) is 1. The van der Waals surface area contributed by atoms with Gasteiger partial charge in [0.15, 0.2) is 0 Å². The third-order valence-electron chi connectivity index (χ3n) is 7.17. The molecule has 36 heavy (non-hydrogen) atoms. The van der Waals surface area contributed by atoms with Gasteiger partial charge in [-0.1, -0.05) is 42.5 Å². The number of carbonyl (C=O) groups excluding carboxylic acids is 3. The molecule has 2 aliphatic rings. The number of hydrogen-bond acceptors (Lipinski definition) is 4. The number of hydrogen-bond donors (Lipinski definition) is 1. The fraction of sp³-hybridized carbons (Fsp3) is 0.207. The maximum Gasteiger partial charge on any atom is 0.338 e. The van der Waals surface area contributed by atoms with Gasteiger partial charge >= 0.3 is 12.0 Å². The zero-order valence-electron chi connectivity index (χ0n) is 20.0. The number of rotatable bonds is 4. The minimum absolute atomic E-state index is 0.265. The van der Waals surface area contributed by atoms with E-state index in [1.54, 1.807) is 36.1 Å². The Morgan fingerprint density at radius 3 is 2.47 bits per heavy atom. The van der Waals surface area contributed by atoms with Gasteiger partial charge in [-0.05, 0) is 60.9 Å². The van der Waals surface area contributed by atoms with E-state index in [1.165, 1.54) is 4.90 Å². The second-order valence-corrected chi connectivity index (χ2v) is 9.17. The molecule has 0 bridgehead atoms. The molecule has 1 N–H and O–H groups in total. The van der Waals surface area contributed by atoms with Crippen LogP contribution in [0.2, 0.25) is 0 Å². The first-order valence-corrected chi connectivity index (χ1v) is 12.1. The zero-order chi connectivity index (χ0) is 25.0. The van der Waals surface area contributed by atoms with Crippen LogP contribution in [0, 0.1) is 6.92 Å². The summed E-state index contributed by atoms with van der Waals surface area (Å²) in [6.45, 7) is 4.04. The number of nitrogens with zero attached hydrogens (tertiary/aromatic N) is 2. The van der Waals surface area contributed by atoms with Gasteiger partial charge in [0.2, 0.25) is 0 Å². The van der Waals surface area contributed by atoms with Crippen LogP contribution in [0.25, 0.3) is 10.9 Å². The molecule has 2 aliphatic heterocycles. The number of esters is 1. The summed E-state index contributed by atoms with van der Waals surface area (Å²) >= 11 is 0. The zero-order valence-corrected chi connectivity index (χ0v) is 20.0. The summed E-state index contributed by atoms with van der Waals surface area (Å²) in [5.74, 6) is -0.705. The summed E-state index contributed by atoms with van der Waals surface area (Å²) in [5.41, 5.74) is 5.85. The van der Waals surface area contributed by atoms with Crippen LogP contribution >= 0.6 is 0 Å². The van der Waals surface area contributed by atoms with Gasteiger partial charge in [-0.25, -0.2) is 14.5 Å². The number of aryl methyl sites for hydroxylation is 1. The number of imide groups is 1. The quantitative estimate of drug-likeness (QED) is 0.325. The van der Waals surface area contributed by atoms with Crippen molar-refractivity contribution in [3.05, 3.63) is 101 Å². The summed E-state index contributed by atoms with van der Waals surface area (Å²) in [7, 11) is 0. The molecular formula is C29H25N3O4. The van der Waals surface area contributed by atoms with Gasteiger partial charge in [0.05, 0.1) is 17.9 Å². The second-order valence-electron chi connectivity index (χ2n) is 9.17. The first-order chi connectivity index (χ1) is 17.5. The third-order valence-corrected chi connectivity index (χ3v) is 7.17. The third kappa shape index (κ3) is 3.23. The van der Waals surface area contributed by atoms with Crippen LogP contribution in [-0.4, -0.2) is 40.4 Å². The molecule has 0 unspecified atom stereocenters. The standard InChI is InChI=1S/C29H25N3O4/c1-3-36-28(34)18-12-14-19(15-13-18)31-27(33)24-16-22-21-10-6-7-11-23(21)30-25(22)26(32(24)29(31)35)20-9-5-4-8-17(20)2/h4-15,24,26,30H,3,16H2,1-2H3/t24-,26-/m0/s1. The highest BCUT2D eigenvalue weighted by Gasteiger charge is 2.53. The molecular weight excluding hydrogens is 454 g/mol. The molecule has 1 aromatic heterocycles. The van der Waals surface area contributed by atoms with Gasteiger partial charge in [0, 0.05) is 23.0 Å². The van der Waals surface area contributed by atoms with Crippen LogP contribution in [-0.2, 0) is 16.0 Å². The molecule has 6 rings (SSSR count). The molecule has 1 fully saturated rings. The fourth-order valence-electron chi connectivity index (χ4n) is 5.49. The van der Waals surface area contributed by atoms with E-state index in [0.29, 0.717) is 17.7 Å². The minimum Gasteiger partial charge on any atom is -0.462 e. The molecule has 3 heterocycles. The Balaban J connectivity index is 1.46. The maximum atomic E-state index is 13.9. The molecule has 0 saturated carbocycles. The van der Waals surface area contributed by atoms with Crippen molar-refractivity contribution in [3.8, 4) is 0 Å². The van der Waals surface area contributed by atoms with Gasteiger partial charge in [-0.3, -0.25) is 9.69 Å². The van der Waals surface area contributed by atoms with Gasteiger partial charge < -0.3 is 9.72 Å². The Bertz CT molecular complexity index is 1520. The monoisotopic (exact) mass is 479 g/mol. The van der Waals surface area contributed by atoms with Gasteiger partial charge in [0.1, 0.15) is 12.1 Å². The van der Waals surface area contributed by atoms with Crippen LogP contribution < -0.4 is 4.90 Å². The van der Waals surface area contributed by atoms with Crippen LogP contribution in [0.4, 0.5) is 10.5 Å². The van der Waals surface area contributed by atoms with Crippen molar-refractivity contribution in [2.75, 3.05) is 11.5 Å². The smallest absolute Gasteiger partial charge is 0.338 e. The molecule has 7 nitrogen and oxygen atoms in total. The molecule has 1 saturated heterocycles. The topological polar surface area (TPSA) is 82.7 Å². The molecule has 0 aliphatic carbocycles. The van der Waals surface area contributed by atoms with Crippen molar-refractivity contribution < 1.29 is 19.1 Å². The lowest BCUT2D eigenvalue weighted by Gasteiger charge is -2.36. The lowest BCUT2D eigenvalue weighted by Crippen LogP contribution is -2.44. The van der Waals surface area contributed by atoms with Crippen LogP contribution in [0.3, 0.4) is 0 Å². The number of fused-ring (bicyclic) bond motifs is 4. The predicted molar refractivity (Wildman–Crippen MR) is 136 cm³/mol. The highest BCUT2D eigenvalue weighted by atomic mass is 16.5. The van der Waals surface area contributed by atoms with Gasteiger partial charge in [0.25, 0.3) is 5.91 Å². The Hall–Kier alpha value is -4.39. The van der Waals surface area contributed by atoms with E-state index in [0.717, 1.165) is 33.3 Å². The molecule has 3 aromatic carbocycles.